The van der Waals surface area contributed by atoms with E-state index in [0.717, 1.165) is 41.9 Å². The maximum absolute atomic E-state index is 11.9. The minimum Gasteiger partial charge on any atom is -0.349 e. The van der Waals surface area contributed by atoms with Gasteiger partial charge in [0.2, 0.25) is 5.91 Å². The molecule has 2 nitrogen and oxygen atoms in total. The van der Waals surface area contributed by atoms with Crippen molar-refractivity contribution >= 4 is 5.91 Å². The summed E-state index contributed by atoms with van der Waals surface area (Å²) in [5.41, 5.74) is 0.717. The smallest absolute Gasteiger partial charge is 0.243 e. The Balaban J connectivity index is 1.64. The average Bonchev–Trinajstić information content (AvgIpc) is 2.94. The monoisotopic (exact) mass is 357 g/mol. The molecule has 3 unspecified atom stereocenters. The summed E-state index contributed by atoms with van der Waals surface area (Å²) < 4.78 is 0. The zero-order chi connectivity index (χ0) is 18.7. The van der Waals surface area contributed by atoms with Crippen LogP contribution >= 0.6 is 0 Å². The number of carbonyl (C=O) groups excluding carboxylic acids is 1. The van der Waals surface area contributed by atoms with Gasteiger partial charge >= 0.3 is 0 Å². The van der Waals surface area contributed by atoms with Gasteiger partial charge in [-0.3, -0.25) is 4.79 Å². The van der Waals surface area contributed by atoms with Crippen LogP contribution < -0.4 is 5.32 Å². The Morgan fingerprint density at radius 3 is 2.73 bits per heavy atom. The Labute approximate surface area is 160 Å². The minimum atomic E-state index is 0.119. The number of hydrogen-bond acceptors (Lipinski definition) is 1. The van der Waals surface area contributed by atoms with Crippen molar-refractivity contribution in [3.8, 4) is 0 Å². The van der Waals surface area contributed by atoms with Crippen molar-refractivity contribution in [1.29, 1.82) is 0 Å². The number of carbonyl (C=O) groups is 1. The Kier molecular flexibility index (Phi) is 4.56. The van der Waals surface area contributed by atoms with Crippen LogP contribution in [0.15, 0.2) is 12.2 Å². The SMILES string of the molecule is CCCC(C)[C@H]1CC[C@H]2[C@@H]3C(C)CC4NC(=O)C=C[C@]4(C)[C@H]3CC[C@]12C. The minimum absolute atomic E-state index is 0.119. The van der Waals surface area contributed by atoms with Crippen LogP contribution in [0.5, 0.6) is 0 Å². The number of amides is 1. The highest BCUT2D eigenvalue weighted by Crippen LogP contribution is 2.67. The Morgan fingerprint density at radius 2 is 2.00 bits per heavy atom. The summed E-state index contributed by atoms with van der Waals surface area (Å²) in [4.78, 5) is 11.9. The Morgan fingerprint density at radius 1 is 1.23 bits per heavy atom. The van der Waals surface area contributed by atoms with E-state index in [1.807, 2.05) is 6.08 Å². The molecule has 0 aromatic rings. The summed E-state index contributed by atoms with van der Waals surface area (Å²) in [6.07, 6.45) is 13.6. The number of fused-ring (bicyclic) bond motifs is 5. The molecule has 1 N–H and O–H groups in total. The molecule has 9 atom stereocenters. The predicted molar refractivity (Wildman–Crippen MR) is 108 cm³/mol. The van der Waals surface area contributed by atoms with Crippen molar-refractivity contribution in [3.63, 3.8) is 0 Å². The second kappa shape index (κ2) is 6.38. The molecule has 0 aromatic carbocycles. The molecule has 4 aliphatic rings. The third-order valence-corrected chi connectivity index (χ3v) is 9.56. The molecular formula is C24H39NO. The first-order valence-corrected chi connectivity index (χ1v) is 11.3. The van der Waals surface area contributed by atoms with E-state index in [1.54, 1.807) is 0 Å². The van der Waals surface area contributed by atoms with Crippen molar-refractivity contribution in [1.82, 2.24) is 5.32 Å². The lowest BCUT2D eigenvalue weighted by atomic mass is 9.45. The van der Waals surface area contributed by atoms with Crippen LogP contribution in [0.3, 0.4) is 0 Å². The second-order valence-corrected chi connectivity index (χ2v) is 10.8. The predicted octanol–water partition coefficient (Wildman–Crippen LogP) is 5.58. The summed E-state index contributed by atoms with van der Waals surface area (Å²) >= 11 is 0. The largest absolute Gasteiger partial charge is 0.349 e. The molecule has 4 rings (SSSR count). The fraction of sp³-hybridized carbons (Fsp3) is 0.875. The van der Waals surface area contributed by atoms with Crippen molar-refractivity contribution in [2.45, 2.75) is 85.6 Å². The first kappa shape index (κ1) is 18.6. The number of nitrogens with one attached hydrogen (secondary N) is 1. The van der Waals surface area contributed by atoms with E-state index in [9.17, 15) is 4.79 Å². The van der Waals surface area contributed by atoms with E-state index >= 15 is 0 Å². The summed E-state index contributed by atoms with van der Waals surface area (Å²) in [5.74, 6) is 5.13. The van der Waals surface area contributed by atoms with Gasteiger partial charge in [0.15, 0.2) is 0 Å². The van der Waals surface area contributed by atoms with Crippen LogP contribution in [-0.4, -0.2) is 11.9 Å². The zero-order valence-electron chi connectivity index (χ0n) is 17.6. The van der Waals surface area contributed by atoms with Crippen LogP contribution in [0.1, 0.15) is 79.6 Å². The molecule has 0 radical (unpaired) electrons. The molecule has 0 spiro atoms. The first-order valence-electron chi connectivity index (χ1n) is 11.3. The van der Waals surface area contributed by atoms with Crippen molar-refractivity contribution in [2.24, 2.45) is 46.3 Å². The molecular weight excluding hydrogens is 318 g/mol. The lowest BCUT2D eigenvalue weighted by Gasteiger charge is -2.61. The highest BCUT2D eigenvalue weighted by atomic mass is 16.1. The molecule has 3 saturated carbocycles. The maximum atomic E-state index is 11.9. The van der Waals surface area contributed by atoms with Crippen LogP contribution in [0.2, 0.25) is 0 Å². The maximum Gasteiger partial charge on any atom is 0.243 e. The van der Waals surface area contributed by atoms with E-state index in [2.05, 4.69) is 46.0 Å². The highest BCUT2D eigenvalue weighted by Gasteiger charge is 2.61. The molecule has 1 heterocycles. The molecule has 1 aliphatic heterocycles. The van der Waals surface area contributed by atoms with Crippen LogP contribution in [0, 0.1) is 46.3 Å². The van der Waals surface area contributed by atoms with Crippen molar-refractivity contribution < 1.29 is 4.79 Å². The molecule has 26 heavy (non-hydrogen) atoms. The molecule has 2 heteroatoms. The van der Waals surface area contributed by atoms with Gasteiger partial charge in [-0.1, -0.05) is 53.5 Å². The van der Waals surface area contributed by atoms with E-state index in [1.165, 1.54) is 38.5 Å². The van der Waals surface area contributed by atoms with Gasteiger partial charge in [0.1, 0.15) is 0 Å². The van der Waals surface area contributed by atoms with Crippen molar-refractivity contribution in [3.05, 3.63) is 12.2 Å². The molecule has 3 fully saturated rings. The first-order chi connectivity index (χ1) is 12.3. The Hall–Kier alpha value is -0.790. The van der Waals surface area contributed by atoms with Gasteiger partial charge in [-0.25, -0.2) is 0 Å². The van der Waals surface area contributed by atoms with E-state index in [4.69, 9.17) is 0 Å². The zero-order valence-corrected chi connectivity index (χ0v) is 17.6. The van der Waals surface area contributed by atoms with Gasteiger partial charge < -0.3 is 5.32 Å². The van der Waals surface area contributed by atoms with Crippen LogP contribution in [0.25, 0.3) is 0 Å². The van der Waals surface area contributed by atoms with E-state index in [0.29, 0.717) is 11.5 Å². The van der Waals surface area contributed by atoms with Crippen molar-refractivity contribution in [2.75, 3.05) is 0 Å². The fourth-order valence-electron chi connectivity index (χ4n) is 8.32. The standard InChI is InChI=1S/C24H39NO/c1-6-7-15(2)17-8-9-18-22-16(3)14-20-24(5,13-11-21(26)25-20)19(22)10-12-23(17,18)4/h11,13,15-20,22H,6-10,12,14H2,1-5H3,(H,25,26)/t15?,16?,17-,18+,19+,20?,22+,23-,24-/m1/s1. The normalized spacial score (nSPS) is 51.2. The second-order valence-electron chi connectivity index (χ2n) is 10.8. The molecule has 0 bridgehead atoms. The summed E-state index contributed by atoms with van der Waals surface area (Å²) in [5, 5.41) is 3.31. The lowest BCUT2D eigenvalue weighted by Crippen LogP contribution is -2.61. The quantitative estimate of drug-likeness (QED) is 0.701. The fourth-order valence-corrected chi connectivity index (χ4v) is 8.32. The number of rotatable bonds is 3. The Bertz CT molecular complexity index is 597. The van der Waals surface area contributed by atoms with Crippen LogP contribution in [-0.2, 0) is 4.79 Å². The molecule has 146 valence electrons. The van der Waals surface area contributed by atoms with Gasteiger partial charge in [-0.2, -0.15) is 0 Å². The summed E-state index contributed by atoms with van der Waals surface area (Å²) in [6.45, 7) is 12.4. The molecule has 0 aromatic heterocycles. The average molecular weight is 358 g/mol. The third kappa shape index (κ3) is 2.53. The topological polar surface area (TPSA) is 29.1 Å². The number of hydrogen-bond donors (Lipinski definition) is 1. The van der Waals surface area contributed by atoms with Gasteiger partial charge in [-0.05, 0) is 79.1 Å². The van der Waals surface area contributed by atoms with E-state index in [-0.39, 0.29) is 11.3 Å². The third-order valence-electron chi connectivity index (χ3n) is 9.56. The van der Waals surface area contributed by atoms with E-state index < -0.39 is 0 Å². The van der Waals surface area contributed by atoms with Gasteiger partial charge in [-0.15, -0.1) is 0 Å². The van der Waals surface area contributed by atoms with Crippen LogP contribution in [0.4, 0.5) is 0 Å². The van der Waals surface area contributed by atoms with Gasteiger partial charge in [0.05, 0.1) is 0 Å². The van der Waals surface area contributed by atoms with Gasteiger partial charge in [0.25, 0.3) is 0 Å². The molecule has 0 saturated heterocycles. The summed E-state index contributed by atoms with van der Waals surface area (Å²) in [6, 6.07) is 0.344. The highest BCUT2D eigenvalue weighted by molar-refractivity contribution is 5.89. The summed E-state index contributed by atoms with van der Waals surface area (Å²) in [7, 11) is 0. The molecule has 3 aliphatic carbocycles. The molecule has 1 amide bonds. The lowest BCUT2D eigenvalue weighted by molar-refractivity contribution is -0.126. The van der Waals surface area contributed by atoms with Gasteiger partial charge in [0, 0.05) is 11.5 Å².